The molecule has 4 aromatic rings. The van der Waals surface area contributed by atoms with Crippen LogP contribution in [0.4, 0.5) is 0 Å². The van der Waals surface area contributed by atoms with E-state index in [1.165, 1.54) is 5.56 Å². The maximum atomic E-state index is 13.3. The number of hydrogen-bond donors (Lipinski definition) is 0. The molecule has 0 aliphatic carbocycles. The molecule has 2 aromatic heterocycles. The van der Waals surface area contributed by atoms with Crippen LogP contribution in [0.1, 0.15) is 34.5 Å². The van der Waals surface area contributed by atoms with Gasteiger partial charge in [-0.3, -0.25) is 14.8 Å². The molecule has 0 radical (unpaired) electrons. The molecule has 1 saturated heterocycles. The zero-order chi connectivity index (χ0) is 24.0. The summed E-state index contributed by atoms with van der Waals surface area (Å²) in [5, 5.41) is 1.16. The number of pyridine rings is 2. The second-order valence-electron chi connectivity index (χ2n) is 8.97. The summed E-state index contributed by atoms with van der Waals surface area (Å²) in [5.74, 6) is 1.61. The molecule has 6 nitrogen and oxygen atoms in total. The van der Waals surface area contributed by atoms with Crippen LogP contribution in [0.3, 0.4) is 0 Å². The molecule has 0 unspecified atom stereocenters. The van der Waals surface area contributed by atoms with E-state index < -0.39 is 0 Å². The van der Waals surface area contributed by atoms with Crippen molar-refractivity contribution in [3.63, 3.8) is 0 Å². The molecule has 0 spiro atoms. The molecule has 2 aromatic carbocycles. The Morgan fingerprint density at radius 1 is 1.00 bits per heavy atom. The highest BCUT2D eigenvalue weighted by molar-refractivity contribution is 5.95. The molecule has 1 aliphatic rings. The SMILES string of the molecule is COc1cc(C(=O)N2CCC[C@@H](Cc3ccc4ncccc4c3)C2)ccc1OCc1ccccn1. The molecule has 6 heteroatoms. The van der Waals surface area contributed by atoms with Crippen molar-refractivity contribution >= 4 is 16.8 Å². The van der Waals surface area contributed by atoms with Gasteiger partial charge in [0.15, 0.2) is 11.5 Å². The van der Waals surface area contributed by atoms with Crippen LogP contribution < -0.4 is 9.47 Å². The van der Waals surface area contributed by atoms with Gasteiger partial charge >= 0.3 is 0 Å². The Labute approximate surface area is 205 Å². The first-order valence-electron chi connectivity index (χ1n) is 12.0. The van der Waals surface area contributed by atoms with Crippen molar-refractivity contribution in [3.05, 3.63) is 95.9 Å². The van der Waals surface area contributed by atoms with E-state index in [9.17, 15) is 4.79 Å². The summed E-state index contributed by atoms with van der Waals surface area (Å²) in [5.41, 5.74) is 3.75. The molecule has 0 bridgehead atoms. The second kappa shape index (κ2) is 10.6. The molecule has 1 fully saturated rings. The van der Waals surface area contributed by atoms with Crippen LogP contribution in [0.25, 0.3) is 10.9 Å². The molecule has 0 N–H and O–H groups in total. The van der Waals surface area contributed by atoms with Crippen LogP contribution in [-0.4, -0.2) is 41.0 Å². The minimum atomic E-state index is 0.0342. The third-order valence-corrected chi connectivity index (χ3v) is 6.51. The molecule has 1 atom stereocenters. The van der Waals surface area contributed by atoms with Gasteiger partial charge < -0.3 is 14.4 Å². The number of hydrogen-bond acceptors (Lipinski definition) is 5. The minimum Gasteiger partial charge on any atom is -0.493 e. The fourth-order valence-electron chi connectivity index (χ4n) is 4.74. The Morgan fingerprint density at radius 2 is 1.91 bits per heavy atom. The zero-order valence-corrected chi connectivity index (χ0v) is 19.9. The van der Waals surface area contributed by atoms with Gasteiger partial charge in [-0.05, 0) is 79.3 Å². The van der Waals surface area contributed by atoms with Crippen molar-refractivity contribution in [2.24, 2.45) is 5.92 Å². The average molecular weight is 468 g/mol. The summed E-state index contributed by atoms with van der Waals surface area (Å²) in [6.45, 7) is 1.87. The Bertz CT molecular complexity index is 1310. The number of carbonyl (C=O) groups excluding carboxylic acids is 1. The summed E-state index contributed by atoms with van der Waals surface area (Å²) < 4.78 is 11.4. The predicted molar refractivity (Wildman–Crippen MR) is 136 cm³/mol. The molecule has 0 saturated carbocycles. The summed E-state index contributed by atoms with van der Waals surface area (Å²) in [7, 11) is 1.59. The third kappa shape index (κ3) is 5.43. The van der Waals surface area contributed by atoms with E-state index in [1.54, 1.807) is 25.4 Å². The number of amides is 1. The summed E-state index contributed by atoms with van der Waals surface area (Å²) in [6.07, 6.45) is 6.65. The lowest BCUT2D eigenvalue weighted by Gasteiger charge is -2.33. The largest absolute Gasteiger partial charge is 0.493 e. The molecular weight excluding hydrogens is 438 g/mol. The number of aromatic nitrogens is 2. The average Bonchev–Trinajstić information content (AvgIpc) is 2.92. The highest BCUT2D eigenvalue weighted by atomic mass is 16.5. The molecule has 1 amide bonds. The molecule has 35 heavy (non-hydrogen) atoms. The number of fused-ring (bicyclic) bond motifs is 1. The van der Waals surface area contributed by atoms with Gasteiger partial charge in [-0.15, -0.1) is 0 Å². The van der Waals surface area contributed by atoms with Gasteiger partial charge in [-0.1, -0.05) is 18.2 Å². The lowest BCUT2D eigenvalue weighted by Crippen LogP contribution is -2.40. The van der Waals surface area contributed by atoms with E-state index in [4.69, 9.17) is 9.47 Å². The fraction of sp³-hybridized carbons (Fsp3) is 0.276. The zero-order valence-electron chi connectivity index (χ0n) is 19.9. The van der Waals surface area contributed by atoms with Crippen LogP contribution in [-0.2, 0) is 13.0 Å². The number of benzene rings is 2. The number of likely N-dealkylation sites (tertiary alicyclic amines) is 1. The van der Waals surface area contributed by atoms with Crippen molar-refractivity contribution in [1.29, 1.82) is 0 Å². The first kappa shape index (κ1) is 22.8. The van der Waals surface area contributed by atoms with E-state index >= 15 is 0 Å². The van der Waals surface area contributed by atoms with Crippen LogP contribution >= 0.6 is 0 Å². The van der Waals surface area contributed by atoms with Crippen LogP contribution in [0.15, 0.2) is 79.1 Å². The Morgan fingerprint density at radius 3 is 2.77 bits per heavy atom. The minimum absolute atomic E-state index is 0.0342. The Hall–Kier alpha value is -3.93. The maximum absolute atomic E-state index is 13.3. The fourth-order valence-corrected chi connectivity index (χ4v) is 4.74. The number of piperidine rings is 1. The van der Waals surface area contributed by atoms with Gasteiger partial charge in [-0.2, -0.15) is 0 Å². The topological polar surface area (TPSA) is 64.5 Å². The molecule has 1 aliphatic heterocycles. The number of methoxy groups -OCH3 is 1. The van der Waals surface area contributed by atoms with E-state index in [0.29, 0.717) is 29.6 Å². The third-order valence-electron chi connectivity index (χ3n) is 6.51. The lowest BCUT2D eigenvalue weighted by atomic mass is 9.90. The van der Waals surface area contributed by atoms with Gasteiger partial charge in [0.05, 0.1) is 18.3 Å². The number of ether oxygens (including phenoxy) is 2. The highest BCUT2D eigenvalue weighted by Gasteiger charge is 2.25. The van der Waals surface area contributed by atoms with Gasteiger partial charge in [-0.25, -0.2) is 0 Å². The van der Waals surface area contributed by atoms with Gasteiger partial charge in [0.1, 0.15) is 6.61 Å². The van der Waals surface area contributed by atoms with Crippen LogP contribution in [0.5, 0.6) is 11.5 Å². The summed E-state index contributed by atoms with van der Waals surface area (Å²) in [6, 6.07) is 21.6. The molecule has 3 heterocycles. The van der Waals surface area contributed by atoms with Gasteiger partial charge in [0.25, 0.3) is 5.91 Å². The van der Waals surface area contributed by atoms with E-state index in [2.05, 4.69) is 34.2 Å². The summed E-state index contributed by atoms with van der Waals surface area (Å²) in [4.78, 5) is 24.0. The molecule has 5 rings (SSSR count). The number of rotatable bonds is 7. The second-order valence-corrected chi connectivity index (χ2v) is 8.97. The first-order chi connectivity index (χ1) is 17.2. The van der Waals surface area contributed by atoms with Crippen molar-refractivity contribution in [3.8, 4) is 11.5 Å². The Kier molecular flexibility index (Phi) is 6.89. The molecule has 178 valence electrons. The van der Waals surface area contributed by atoms with Crippen molar-refractivity contribution in [2.75, 3.05) is 20.2 Å². The van der Waals surface area contributed by atoms with E-state index in [-0.39, 0.29) is 5.91 Å². The summed E-state index contributed by atoms with van der Waals surface area (Å²) >= 11 is 0. The lowest BCUT2D eigenvalue weighted by molar-refractivity contribution is 0.0673. The van der Waals surface area contributed by atoms with Gasteiger partial charge in [0, 0.05) is 36.4 Å². The maximum Gasteiger partial charge on any atom is 0.254 e. The van der Waals surface area contributed by atoms with Crippen LogP contribution in [0, 0.1) is 5.92 Å². The van der Waals surface area contributed by atoms with Crippen molar-refractivity contribution in [1.82, 2.24) is 14.9 Å². The molecular formula is C29H29N3O3. The Balaban J connectivity index is 1.24. The van der Waals surface area contributed by atoms with Crippen LogP contribution in [0.2, 0.25) is 0 Å². The predicted octanol–water partition coefficient (Wildman–Crippen LogP) is 5.31. The highest BCUT2D eigenvalue weighted by Crippen LogP contribution is 2.30. The smallest absolute Gasteiger partial charge is 0.254 e. The van der Waals surface area contributed by atoms with Crippen molar-refractivity contribution in [2.45, 2.75) is 25.9 Å². The normalized spacial score (nSPS) is 15.7. The number of nitrogens with zero attached hydrogens (tertiary/aromatic N) is 3. The monoisotopic (exact) mass is 467 g/mol. The number of carbonyl (C=O) groups is 1. The van der Waals surface area contributed by atoms with Gasteiger partial charge in [0.2, 0.25) is 0 Å². The van der Waals surface area contributed by atoms with Crippen molar-refractivity contribution < 1.29 is 14.3 Å². The van der Waals surface area contributed by atoms with E-state index in [1.807, 2.05) is 41.4 Å². The first-order valence-corrected chi connectivity index (χ1v) is 12.0. The standard InChI is InChI=1S/C29H29N3O3/c1-34-28-18-24(10-12-27(28)35-20-25-8-2-3-13-30-25)29(33)32-15-5-6-22(19-32)16-21-9-11-26-23(17-21)7-4-14-31-26/h2-4,7-14,17-18,22H,5-6,15-16,19-20H2,1H3/t22-/m0/s1. The quantitative estimate of drug-likeness (QED) is 0.368. The van der Waals surface area contributed by atoms with E-state index in [0.717, 1.165) is 48.9 Å².